The normalized spacial score (nSPS) is 15.0. The second-order valence-electron chi connectivity index (χ2n) is 6.74. The number of halogens is 2. The Bertz CT molecular complexity index is 878. The predicted molar refractivity (Wildman–Crippen MR) is 107 cm³/mol. The number of carbonyl (C=O) groups is 1. The lowest BCUT2D eigenvalue weighted by atomic mass is 10.2. The van der Waals surface area contributed by atoms with Gasteiger partial charge in [-0.15, -0.1) is 0 Å². The summed E-state index contributed by atoms with van der Waals surface area (Å²) in [5.74, 6) is 0.0294. The van der Waals surface area contributed by atoms with Gasteiger partial charge in [0.2, 0.25) is 5.91 Å². The van der Waals surface area contributed by atoms with Crippen molar-refractivity contribution in [2.45, 2.75) is 26.4 Å². The van der Waals surface area contributed by atoms with Crippen LogP contribution in [0.4, 0.5) is 5.69 Å². The van der Waals surface area contributed by atoms with Crippen molar-refractivity contribution in [1.29, 1.82) is 0 Å². The molecule has 1 amide bonds. The summed E-state index contributed by atoms with van der Waals surface area (Å²) in [6, 6.07) is 5.48. The fourth-order valence-corrected chi connectivity index (χ4v) is 3.72. The molecule has 0 unspecified atom stereocenters. The third-order valence-electron chi connectivity index (χ3n) is 4.95. The zero-order chi connectivity index (χ0) is 20.3. The molecule has 3 rings (SSSR count). The summed E-state index contributed by atoms with van der Waals surface area (Å²) in [7, 11) is 0. The van der Waals surface area contributed by atoms with Crippen LogP contribution in [0.5, 0.6) is 0 Å². The Balaban J connectivity index is 1.48. The van der Waals surface area contributed by atoms with E-state index in [4.69, 9.17) is 23.2 Å². The van der Waals surface area contributed by atoms with E-state index in [0.29, 0.717) is 41.9 Å². The molecule has 0 spiro atoms. The van der Waals surface area contributed by atoms with Gasteiger partial charge in [-0.25, -0.2) is 0 Å². The van der Waals surface area contributed by atoms with E-state index in [1.54, 1.807) is 13.0 Å². The number of aromatic nitrogens is 2. The van der Waals surface area contributed by atoms with Gasteiger partial charge in [0.15, 0.2) is 0 Å². The van der Waals surface area contributed by atoms with Crippen LogP contribution in [0.1, 0.15) is 17.7 Å². The first-order valence-corrected chi connectivity index (χ1v) is 9.71. The van der Waals surface area contributed by atoms with Crippen molar-refractivity contribution in [3.63, 3.8) is 0 Å². The SMILES string of the molecule is Cc1c([N+](=O)[O-])cnn1CCC(=O)N1CCN(Cc2ccc(Cl)cc2Cl)CC1. The van der Waals surface area contributed by atoms with Gasteiger partial charge in [-0.1, -0.05) is 29.3 Å². The minimum absolute atomic E-state index is 0.0260. The second kappa shape index (κ2) is 8.89. The first kappa shape index (κ1) is 20.6. The minimum Gasteiger partial charge on any atom is -0.340 e. The number of piperazine rings is 1. The topological polar surface area (TPSA) is 84.5 Å². The maximum Gasteiger partial charge on any atom is 0.309 e. The number of rotatable bonds is 6. The number of hydrogen-bond donors (Lipinski definition) is 0. The lowest BCUT2D eigenvalue weighted by molar-refractivity contribution is -0.385. The average molecular weight is 426 g/mol. The predicted octanol–water partition coefficient (Wildman–Crippen LogP) is 3.14. The lowest BCUT2D eigenvalue weighted by Gasteiger charge is -2.35. The molecule has 0 saturated carbocycles. The zero-order valence-corrected chi connectivity index (χ0v) is 17.0. The fraction of sp³-hybridized carbons (Fsp3) is 0.444. The highest BCUT2D eigenvalue weighted by atomic mass is 35.5. The number of nitrogens with zero attached hydrogens (tertiary/aromatic N) is 5. The Hall–Kier alpha value is -2.16. The van der Waals surface area contributed by atoms with Crippen molar-refractivity contribution in [3.05, 3.63) is 55.8 Å². The molecule has 0 radical (unpaired) electrons. The van der Waals surface area contributed by atoms with E-state index in [1.165, 1.54) is 10.9 Å². The number of aryl methyl sites for hydroxylation is 1. The third-order valence-corrected chi connectivity index (χ3v) is 5.53. The number of nitro groups is 1. The fourth-order valence-electron chi connectivity index (χ4n) is 3.25. The smallest absolute Gasteiger partial charge is 0.309 e. The van der Waals surface area contributed by atoms with Crippen LogP contribution in [-0.2, 0) is 17.9 Å². The standard InChI is InChI=1S/C18H21Cl2N5O3/c1-13-17(25(27)28)11-21-24(13)5-4-18(26)23-8-6-22(7-9-23)12-14-2-3-15(19)10-16(14)20/h2-3,10-11H,4-9,12H2,1H3. The summed E-state index contributed by atoms with van der Waals surface area (Å²) < 4.78 is 1.51. The summed E-state index contributed by atoms with van der Waals surface area (Å²) >= 11 is 12.2. The van der Waals surface area contributed by atoms with Gasteiger partial charge in [0.05, 0.1) is 11.5 Å². The molecule has 28 heavy (non-hydrogen) atoms. The molecule has 10 heteroatoms. The summed E-state index contributed by atoms with van der Waals surface area (Å²) in [5.41, 5.74) is 1.45. The lowest BCUT2D eigenvalue weighted by Crippen LogP contribution is -2.48. The monoisotopic (exact) mass is 425 g/mol. The van der Waals surface area contributed by atoms with Crippen molar-refractivity contribution in [1.82, 2.24) is 19.6 Å². The molecule has 1 aromatic heterocycles. The van der Waals surface area contributed by atoms with Crippen LogP contribution >= 0.6 is 23.2 Å². The molecule has 0 atom stereocenters. The minimum atomic E-state index is -0.465. The van der Waals surface area contributed by atoms with Crippen molar-refractivity contribution in [2.24, 2.45) is 0 Å². The van der Waals surface area contributed by atoms with E-state index in [2.05, 4.69) is 10.00 Å². The molecule has 150 valence electrons. The number of hydrogen-bond acceptors (Lipinski definition) is 5. The maximum atomic E-state index is 12.5. The van der Waals surface area contributed by atoms with Gasteiger partial charge in [-0.05, 0) is 24.6 Å². The Morgan fingerprint density at radius 3 is 2.57 bits per heavy atom. The van der Waals surface area contributed by atoms with Gasteiger partial charge in [-0.3, -0.25) is 24.5 Å². The van der Waals surface area contributed by atoms with Crippen LogP contribution in [0.25, 0.3) is 0 Å². The van der Waals surface area contributed by atoms with Crippen molar-refractivity contribution < 1.29 is 9.72 Å². The van der Waals surface area contributed by atoms with E-state index < -0.39 is 4.92 Å². The summed E-state index contributed by atoms with van der Waals surface area (Å²) in [6.07, 6.45) is 1.49. The van der Waals surface area contributed by atoms with Crippen LogP contribution in [0.3, 0.4) is 0 Å². The van der Waals surface area contributed by atoms with Gasteiger partial charge in [0.25, 0.3) is 0 Å². The molecule has 1 aliphatic heterocycles. The molecule has 0 N–H and O–H groups in total. The summed E-state index contributed by atoms with van der Waals surface area (Å²) in [5, 5.41) is 16.1. The van der Waals surface area contributed by atoms with E-state index in [0.717, 1.165) is 18.7 Å². The highest BCUT2D eigenvalue weighted by Crippen LogP contribution is 2.23. The molecule has 2 heterocycles. The summed E-state index contributed by atoms with van der Waals surface area (Å²) in [6.45, 7) is 5.49. The van der Waals surface area contributed by atoms with E-state index in [9.17, 15) is 14.9 Å². The molecule has 1 saturated heterocycles. The number of carbonyl (C=O) groups excluding carboxylic acids is 1. The molecule has 1 aliphatic rings. The van der Waals surface area contributed by atoms with Gasteiger partial charge < -0.3 is 4.90 Å². The Morgan fingerprint density at radius 1 is 1.25 bits per heavy atom. The maximum absolute atomic E-state index is 12.5. The highest BCUT2D eigenvalue weighted by Gasteiger charge is 2.22. The number of amides is 1. The Kier molecular flexibility index (Phi) is 6.53. The summed E-state index contributed by atoms with van der Waals surface area (Å²) in [4.78, 5) is 27.0. The molecule has 2 aromatic rings. The zero-order valence-electron chi connectivity index (χ0n) is 15.5. The van der Waals surface area contributed by atoms with E-state index in [1.807, 2.05) is 17.0 Å². The van der Waals surface area contributed by atoms with Crippen molar-refractivity contribution in [3.8, 4) is 0 Å². The highest BCUT2D eigenvalue weighted by molar-refractivity contribution is 6.35. The van der Waals surface area contributed by atoms with E-state index in [-0.39, 0.29) is 18.0 Å². The van der Waals surface area contributed by atoms with Crippen LogP contribution in [-0.4, -0.2) is 56.6 Å². The van der Waals surface area contributed by atoms with Crippen LogP contribution in [0, 0.1) is 17.0 Å². The average Bonchev–Trinajstić information content (AvgIpc) is 3.03. The first-order chi connectivity index (χ1) is 13.3. The molecule has 0 aliphatic carbocycles. The Labute approximate surface area is 172 Å². The number of benzene rings is 1. The molecule has 8 nitrogen and oxygen atoms in total. The van der Waals surface area contributed by atoms with Crippen LogP contribution < -0.4 is 0 Å². The molecule has 1 fully saturated rings. The third kappa shape index (κ3) is 4.81. The van der Waals surface area contributed by atoms with Gasteiger partial charge in [0.1, 0.15) is 11.9 Å². The second-order valence-corrected chi connectivity index (χ2v) is 7.58. The van der Waals surface area contributed by atoms with Gasteiger partial charge >= 0.3 is 5.69 Å². The molecular weight excluding hydrogens is 405 g/mol. The first-order valence-electron chi connectivity index (χ1n) is 8.96. The molecule has 0 bridgehead atoms. The quantitative estimate of drug-likeness (QED) is 0.524. The molecular formula is C18H21Cl2N5O3. The van der Waals surface area contributed by atoms with Crippen LogP contribution in [0.15, 0.2) is 24.4 Å². The van der Waals surface area contributed by atoms with E-state index >= 15 is 0 Å². The Morgan fingerprint density at radius 2 is 1.96 bits per heavy atom. The van der Waals surface area contributed by atoms with Crippen molar-refractivity contribution >= 4 is 34.8 Å². The van der Waals surface area contributed by atoms with Crippen molar-refractivity contribution in [2.75, 3.05) is 26.2 Å². The van der Waals surface area contributed by atoms with Gasteiger partial charge in [0, 0.05) is 49.2 Å². The largest absolute Gasteiger partial charge is 0.340 e. The van der Waals surface area contributed by atoms with Crippen LogP contribution in [0.2, 0.25) is 10.0 Å². The van der Waals surface area contributed by atoms with Gasteiger partial charge in [-0.2, -0.15) is 5.10 Å². The molecule has 1 aromatic carbocycles.